The zero-order chi connectivity index (χ0) is 22.6. The molecule has 0 aromatic rings. The van der Waals surface area contributed by atoms with Crippen molar-refractivity contribution < 1.29 is 4.43 Å². The molecule has 0 N–H and O–H groups in total. The summed E-state index contributed by atoms with van der Waals surface area (Å²) in [6, 6.07) is 0. The van der Waals surface area contributed by atoms with Crippen molar-refractivity contribution in [3.05, 3.63) is 11.6 Å². The summed E-state index contributed by atoms with van der Waals surface area (Å²) in [5.74, 6) is 5.59. The van der Waals surface area contributed by atoms with Crippen molar-refractivity contribution in [1.29, 1.82) is 0 Å². The lowest BCUT2D eigenvalue weighted by Crippen LogP contribution is -2.51. The Morgan fingerprint density at radius 3 is 2.39 bits per heavy atom. The van der Waals surface area contributed by atoms with Crippen LogP contribution in [0.15, 0.2) is 11.6 Å². The van der Waals surface area contributed by atoms with Crippen molar-refractivity contribution in [3.8, 4) is 0 Å². The Hall–Kier alpha value is -0.0831. The van der Waals surface area contributed by atoms with E-state index < -0.39 is 8.32 Å². The molecule has 3 fully saturated rings. The third-order valence-corrected chi connectivity index (χ3v) is 11.6. The van der Waals surface area contributed by atoms with Crippen LogP contribution in [0.3, 0.4) is 0 Å². The van der Waals surface area contributed by atoms with Crippen LogP contribution in [0.25, 0.3) is 0 Å². The first-order valence-electron chi connectivity index (χ1n) is 13.8. The molecule has 0 aromatic heterocycles. The lowest BCUT2D eigenvalue weighted by molar-refractivity contribution is -0.0564. The van der Waals surface area contributed by atoms with Crippen LogP contribution in [-0.2, 0) is 4.43 Å². The second kappa shape index (κ2) is 8.61. The Morgan fingerprint density at radius 1 is 0.968 bits per heavy atom. The molecule has 0 heterocycles. The molecule has 1 nitrogen and oxygen atoms in total. The molecule has 4 aliphatic carbocycles. The molecule has 0 aliphatic heterocycles. The molecule has 1 unspecified atom stereocenters. The third-order valence-electron chi connectivity index (χ3n) is 10.5. The van der Waals surface area contributed by atoms with Crippen LogP contribution >= 0.6 is 0 Å². The summed E-state index contributed by atoms with van der Waals surface area (Å²) < 4.78 is 6.57. The maximum absolute atomic E-state index is 6.57. The Morgan fingerprint density at radius 2 is 1.71 bits per heavy atom. The average Bonchev–Trinajstić information content (AvgIpc) is 3.02. The highest BCUT2D eigenvalue weighted by Gasteiger charge is 2.59. The van der Waals surface area contributed by atoms with Gasteiger partial charge in [0, 0.05) is 6.10 Å². The largest absolute Gasteiger partial charge is 0.414 e. The fourth-order valence-electron chi connectivity index (χ4n) is 9.00. The second-order valence-corrected chi connectivity index (χ2v) is 18.5. The van der Waals surface area contributed by atoms with Gasteiger partial charge in [0.05, 0.1) is 0 Å². The Labute approximate surface area is 195 Å². The topological polar surface area (TPSA) is 9.23 Å². The van der Waals surface area contributed by atoms with Crippen molar-refractivity contribution in [2.45, 2.75) is 125 Å². The van der Waals surface area contributed by atoms with Gasteiger partial charge in [0.15, 0.2) is 8.32 Å². The fourth-order valence-corrected chi connectivity index (χ4v) is 10.2. The van der Waals surface area contributed by atoms with Gasteiger partial charge in [-0.1, -0.05) is 59.1 Å². The summed E-state index contributed by atoms with van der Waals surface area (Å²) in [6.45, 7) is 19.8. The van der Waals surface area contributed by atoms with Crippen LogP contribution in [0.4, 0.5) is 0 Å². The minimum atomic E-state index is -1.45. The molecule has 0 saturated heterocycles. The van der Waals surface area contributed by atoms with E-state index in [2.05, 4.69) is 60.3 Å². The molecule has 0 radical (unpaired) electrons. The summed E-state index contributed by atoms with van der Waals surface area (Å²) >= 11 is 0. The predicted octanol–water partition coefficient (Wildman–Crippen LogP) is 8.86. The van der Waals surface area contributed by atoms with Gasteiger partial charge >= 0.3 is 0 Å². The quantitative estimate of drug-likeness (QED) is 0.293. The Bertz CT molecular complexity index is 675. The Kier molecular flexibility index (Phi) is 6.68. The normalized spacial score (nSPS) is 43.8. The zero-order valence-electron chi connectivity index (χ0n) is 22.1. The zero-order valence-corrected chi connectivity index (χ0v) is 23.1. The molecule has 0 spiro atoms. The maximum atomic E-state index is 6.57. The average molecular weight is 445 g/mol. The highest BCUT2D eigenvalue weighted by molar-refractivity contribution is 6.69. The van der Waals surface area contributed by atoms with Gasteiger partial charge in [-0.05, 0) is 117 Å². The van der Waals surface area contributed by atoms with Crippen LogP contribution in [0.1, 0.15) is 98.8 Å². The molecule has 8 atom stereocenters. The van der Waals surface area contributed by atoms with Gasteiger partial charge in [-0.15, -0.1) is 0 Å². The van der Waals surface area contributed by atoms with Crippen LogP contribution in [0.5, 0.6) is 0 Å². The summed E-state index contributed by atoms with van der Waals surface area (Å²) in [5.41, 5.74) is 2.86. The van der Waals surface area contributed by atoms with Gasteiger partial charge in [0.1, 0.15) is 0 Å². The van der Waals surface area contributed by atoms with Crippen LogP contribution in [0.2, 0.25) is 19.6 Å². The predicted molar refractivity (Wildman–Crippen MR) is 137 cm³/mol. The summed E-state index contributed by atoms with van der Waals surface area (Å²) in [4.78, 5) is 0. The van der Waals surface area contributed by atoms with Gasteiger partial charge in [0.25, 0.3) is 0 Å². The number of rotatable bonds is 6. The Balaban J connectivity index is 1.49. The lowest BCUT2D eigenvalue weighted by atomic mass is 9.47. The number of hydrogen-bond acceptors (Lipinski definition) is 1. The van der Waals surface area contributed by atoms with E-state index in [1.807, 2.05) is 0 Å². The summed E-state index contributed by atoms with van der Waals surface area (Å²) in [5, 5.41) is 0. The third kappa shape index (κ3) is 4.51. The molecule has 2 heteroatoms. The molecular weight excluding hydrogens is 392 g/mol. The van der Waals surface area contributed by atoms with Crippen molar-refractivity contribution >= 4 is 8.32 Å². The molecule has 178 valence electrons. The molecule has 4 aliphatic rings. The second-order valence-electron chi connectivity index (χ2n) is 14.0. The lowest BCUT2D eigenvalue weighted by Gasteiger charge is -2.58. The van der Waals surface area contributed by atoms with Gasteiger partial charge in [-0.25, -0.2) is 0 Å². The van der Waals surface area contributed by atoms with Crippen LogP contribution < -0.4 is 0 Å². The van der Waals surface area contributed by atoms with Crippen molar-refractivity contribution in [3.63, 3.8) is 0 Å². The molecular formula is C29H52OSi. The van der Waals surface area contributed by atoms with Crippen LogP contribution in [0, 0.1) is 46.3 Å². The summed E-state index contributed by atoms with van der Waals surface area (Å²) in [6.07, 6.45) is 17.3. The number of hydrogen-bond donors (Lipinski definition) is 0. The molecule has 3 saturated carbocycles. The van der Waals surface area contributed by atoms with Crippen molar-refractivity contribution in [2.24, 2.45) is 46.3 Å². The van der Waals surface area contributed by atoms with Crippen LogP contribution in [-0.4, -0.2) is 14.4 Å². The van der Waals surface area contributed by atoms with Gasteiger partial charge in [-0.2, -0.15) is 0 Å². The number of fused-ring (bicyclic) bond motifs is 5. The van der Waals surface area contributed by atoms with E-state index >= 15 is 0 Å². The minimum Gasteiger partial charge on any atom is -0.414 e. The van der Waals surface area contributed by atoms with Gasteiger partial charge in [0.2, 0.25) is 0 Å². The van der Waals surface area contributed by atoms with Gasteiger partial charge < -0.3 is 4.43 Å². The van der Waals surface area contributed by atoms with Crippen molar-refractivity contribution in [2.75, 3.05) is 0 Å². The molecule has 0 aromatic carbocycles. The van der Waals surface area contributed by atoms with E-state index in [-0.39, 0.29) is 0 Å². The maximum Gasteiger partial charge on any atom is 0.184 e. The number of allylic oxidation sites excluding steroid dienone is 1. The van der Waals surface area contributed by atoms with Gasteiger partial charge in [-0.3, -0.25) is 0 Å². The van der Waals surface area contributed by atoms with E-state index in [0.29, 0.717) is 16.9 Å². The van der Waals surface area contributed by atoms with E-state index in [1.54, 1.807) is 5.57 Å². The minimum absolute atomic E-state index is 0.463. The van der Waals surface area contributed by atoms with E-state index in [0.717, 1.165) is 35.5 Å². The SMILES string of the molecule is CC(C)CC[C@@H](C)[C@H]1CC[C@H]2[C@@H]3CC=C4CC(O[Si](C)(C)C)CC[C@]4(C)[C@H]3CC[C@]12C. The first-order chi connectivity index (χ1) is 14.4. The van der Waals surface area contributed by atoms with E-state index in [4.69, 9.17) is 4.43 Å². The highest BCUT2D eigenvalue weighted by atomic mass is 28.4. The fraction of sp³-hybridized carbons (Fsp3) is 0.931. The monoisotopic (exact) mass is 444 g/mol. The highest BCUT2D eigenvalue weighted by Crippen LogP contribution is 2.67. The summed E-state index contributed by atoms with van der Waals surface area (Å²) in [7, 11) is -1.45. The van der Waals surface area contributed by atoms with E-state index in [9.17, 15) is 0 Å². The first kappa shape index (κ1) is 24.1. The molecule has 0 amide bonds. The molecule has 31 heavy (non-hydrogen) atoms. The smallest absolute Gasteiger partial charge is 0.184 e. The molecule has 0 bridgehead atoms. The van der Waals surface area contributed by atoms with Crippen molar-refractivity contribution in [1.82, 2.24) is 0 Å². The molecule has 4 rings (SSSR count). The first-order valence-corrected chi connectivity index (χ1v) is 17.2. The van der Waals surface area contributed by atoms with E-state index in [1.165, 1.54) is 64.2 Å². The standard InChI is InChI=1S/C29H52OSi/c1-20(2)9-10-21(3)25-13-14-26-24-12-11-22-19-23(30-31(6,7)8)15-17-28(22,4)27(24)16-18-29(25,26)5/h11,20-21,23-27H,9-10,12-19H2,1-8H3/t21-,23?,24+,25-,26+,27+,28+,29-/m1/s1.